The van der Waals surface area contributed by atoms with Gasteiger partial charge in [0.25, 0.3) is 0 Å². The summed E-state index contributed by atoms with van der Waals surface area (Å²) in [5, 5.41) is 3.53. The van der Waals surface area contributed by atoms with E-state index >= 15 is 0 Å². The molecule has 0 bridgehead atoms. The summed E-state index contributed by atoms with van der Waals surface area (Å²) in [6.07, 6.45) is -3.24. The first-order chi connectivity index (χ1) is 12.9. The second kappa shape index (κ2) is 7.49. The number of para-hydroxylation sites is 1. The summed E-state index contributed by atoms with van der Waals surface area (Å²) in [7, 11) is 0. The standard InChI is InChI=1S/C20H15F3N2O2/c1-2-18(26)24-12-13-11-19(25-17-6-4-3-5-16(13)17)27-15-9-7-14(8-10-15)20(21,22)23/h2-11H,1,12H2,(H,24,26). The number of aromatic nitrogens is 1. The molecule has 0 saturated heterocycles. The molecule has 1 amide bonds. The highest BCUT2D eigenvalue weighted by Crippen LogP contribution is 2.31. The number of amides is 1. The summed E-state index contributed by atoms with van der Waals surface area (Å²) in [5.41, 5.74) is 0.650. The van der Waals surface area contributed by atoms with Gasteiger partial charge >= 0.3 is 6.18 Å². The lowest BCUT2D eigenvalue weighted by atomic mass is 10.1. The number of hydrogen-bond donors (Lipinski definition) is 1. The molecule has 1 aromatic heterocycles. The van der Waals surface area contributed by atoms with Crippen molar-refractivity contribution in [2.24, 2.45) is 0 Å². The number of halogens is 3. The first-order valence-corrected chi connectivity index (χ1v) is 8.01. The number of pyridine rings is 1. The van der Waals surface area contributed by atoms with Crippen LogP contribution in [0.4, 0.5) is 13.2 Å². The minimum Gasteiger partial charge on any atom is -0.439 e. The van der Waals surface area contributed by atoms with Gasteiger partial charge in [0, 0.05) is 18.0 Å². The van der Waals surface area contributed by atoms with Crippen molar-refractivity contribution in [3.05, 3.63) is 78.4 Å². The second-order valence-corrected chi connectivity index (χ2v) is 5.68. The molecule has 4 nitrogen and oxygen atoms in total. The van der Waals surface area contributed by atoms with Gasteiger partial charge in [-0.1, -0.05) is 24.8 Å². The maximum Gasteiger partial charge on any atom is 0.416 e. The van der Waals surface area contributed by atoms with Crippen molar-refractivity contribution < 1.29 is 22.7 Å². The van der Waals surface area contributed by atoms with Crippen molar-refractivity contribution >= 4 is 16.8 Å². The Morgan fingerprint density at radius 3 is 2.52 bits per heavy atom. The van der Waals surface area contributed by atoms with E-state index < -0.39 is 11.7 Å². The van der Waals surface area contributed by atoms with Crippen LogP contribution in [0.2, 0.25) is 0 Å². The Morgan fingerprint density at radius 1 is 1.15 bits per heavy atom. The zero-order valence-electron chi connectivity index (χ0n) is 14.1. The van der Waals surface area contributed by atoms with Crippen LogP contribution in [0.1, 0.15) is 11.1 Å². The average Bonchev–Trinajstić information content (AvgIpc) is 2.65. The van der Waals surface area contributed by atoms with Crippen LogP contribution in [0, 0.1) is 0 Å². The monoisotopic (exact) mass is 372 g/mol. The maximum atomic E-state index is 12.7. The quantitative estimate of drug-likeness (QED) is 0.652. The molecule has 0 fully saturated rings. The molecule has 0 radical (unpaired) electrons. The molecule has 7 heteroatoms. The van der Waals surface area contributed by atoms with Crippen molar-refractivity contribution in [3.63, 3.8) is 0 Å². The zero-order chi connectivity index (χ0) is 19.4. The van der Waals surface area contributed by atoms with Crippen LogP contribution in [0.3, 0.4) is 0 Å². The number of rotatable bonds is 5. The molecule has 0 atom stereocenters. The summed E-state index contributed by atoms with van der Waals surface area (Å²) in [6, 6.07) is 13.3. The van der Waals surface area contributed by atoms with Crippen LogP contribution in [0.5, 0.6) is 11.6 Å². The molecule has 3 aromatic rings. The van der Waals surface area contributed by atoms with E-state index in [1.54, 1.807) is 12.1 Å². The van der Waals surface area contributed by atoms with Crippen molar-refractivity contribution in [1.29, 1.82) is 0 Å². The Bertz CT molecular complexity index is 983. The third-order valence-electron chi connectivity index (χ3n) is 3.82. The fourth-order valence-corrected chi connectivity index (χ4v) is 2.51. The Morgan fingerprint density at radius 2 is 1.85 bits per heavy atom. The Kier molecular flexibility index (Phi) is 5.12. The van der Waals surface area contributed by atoms with Crippen LogP contribution in [0.15, 0.2) is 67.3 Å². The number of carbonyl (C=O) groups is 1. The largest absolute Gasteiger partial charge is 0.439 e. The van der Waals surface area contributed by atoms with E-state index in [0.29, 0.717) is 5.52 Å². The van der Waals surface area contributed by atoms with Crippen molar-refractivity contribution in [3.8, 4) is 11.6 Å². The number of hydrogen-bond acceptors (Lipinski definition) is 3. The fraction of sp³-hybridized carbons (Fsp3) is 0.100. The van der Waals surface area contributed by atoms with Gasteiger partial charge < -0.3 is 10.1 Å². The number of carbonyl (C=O) groups excluding carboxylic acids is 1. The third-order valence-corrected chi connectivity index (χ3v) is 3.82. The van der Waals surface area contributed by atoms with Crippen LogP contribution in [-0.4, -0.2) is 10.9 Å². The van der Waals surface area contributed by atoms with E-state index in [0.717, 1.165) is 23.1 Å². The minimum atomic E-state index is -4.41. The lowest BCUT2D eigenvalue weighted by Gasteiger charge is -2.12. The molecule has 0 aliphatic carbocycles. The Labute approximate surface area is 153 Å². The molecule has 138 valence electrons. The number of ether oxygens (including phenoxy) is 1. The van der Waals surface area contributed by atoms with E-state index in [1.165, 1.54) is 18.2 Å². The topological polar surface area (TPSA) is 51.2 Å². The Balaban J connectivity index is 1.90. The molecule has 0 spiro atoms. The lowest BCUT2D eigenvalue weighted by Crippen LogP contribution is -2.20. The lowest BCUT2D eigenvalue weighted by molar-refractivity contribution is -0.137. The molecule has 1 N–H and O–H groups in total. The average molecular weight is 372 g/mol. The number of fused-ring (bicyclic) bond motifs is 1. The van der Waals surface area contributed by atoms with Gasteiger partial charge in [-0.2, -0.15) is 13.2 Å². The van der Waals surface area contributed by atoms with Gasteiger partial charge in [-0.3, -0.25) is 4.79 Å². The fourth-order valence-electron chi connectivity index (χ4n) is 2.51. The van der Waals surface area contributed by atoms with Crippen molar-refractivity contribution in [1.82, 2.24) is 10.3 Å². The zero-order valence-corrected chi connectivity index (χ0v) is 14.1. The highest BCUT2D eigenvalue weighted by molar-refractivity contribution is 5.88. The molecule has 0 saturated carbocycles. The van der Waals surface area contributed by atoms with Crippen LogP contribution in [-0.2, 0) is 17.5 Å². The summed E-state index contributed by atoms with van der Waals surface area (Å²) < 4.78 is 43.6. The summed E-state index contributed by atoms with van der Waals surface area (Å²) >= 11 is 0. The predicted molar refractivity (Wildman–Crippen MR) is 95.3 cm³/mol. The van der Waals surface area contributed by atoms with Gasteiger partial charge in [-0.25, -0.2) is 4.98 Å². The first kappa shape index (κ1) is 18.4. The SMILES string of the molecule is C=CC(=O)NCc1cc(Oc2ccc(C(F)(F)F)cc2)nc2ccccc12. The van der Waals surface area contributed by atoms with Gasteiger partial charge in [0.1, 0.15) is 5.75 Å². The third kappa shape index (κ3) is 4.44. The van der Waals surface area contributed by atoms with Gasteiger partial charge in [-0.05, 0) is 42.0 Å². The molecule has 0 aliphatic rings. The van der Waals surface area contributed by atoms with E-state index in [-0.39, 0.29) is 24.1 Å². The number of benzene rings is 2. The highest BCUT2D eigenvalue weighted by Gasteiger charge is 2.30. The van der Waals surface area contributed by atoms with Gasteiger partial charge in [0.05, 0.1) is 11.1 Å². The smallest absolute Gasteiger partial charge is 0.416 e. The molecule has 27 heavy (non-hydrogen) atoms. The molecule has 3 rings (SSSR count). The molecule has 0 unspecified atom stereocenters. The summed E-state index contributed by atoms with van der Waals surface area (Å²) in [5.74, 6) is 0.129. The number of nitrogens with zero attached hydrogens (tertiary/aromatic N) is 1. The summed E-state index contributed by atoms with van der Waals surface area (Å²) in [6.45, 7) is 3.64. The van der Waals surface area contributed by atoms with Gasteiger partial charge in [0.15, 0.2) is 0 Å². The molecule has 2 aromatic carbocycles. The molecule has 0 aliphatic heterocycles. The van der Waals surface area contributed by atoms with Crippen molar-refractivity contribution in [2.45, 2.75) is 12.7 Å². The van der Waals surface area contributed by atoms with Crippen LogP contribution >= 0.6 is 0 Å². The minimum absolute atomic E-state index is 0.219. The summed E-state index contributed by atoms with van der Waals surface area (Å²) in [4.78, 5) is 15.8. The van der Waals surface area contributed by atoms with Crippen LogP contribution in [0.25, 0.3) is 10.9 Å². The van der Waals surface area contributed by atoms with E-state index in [1.807, 2.05) is 18.2 Å². The number of nitrogens with one attached hydrogen (secondary N) is 1. The normalized spacial score (nSPS) is 11.2. The number of alkyl halides is 3. The molecular weight excluding hydrogens is 357 g/mol. The van der Waals surface area contributed by atoms with Crippen molar-refractivity contribution in [2.75, 3.05) is 0 Å². The van der Waals surface area contributed by atoms with Gasteiger partial charge in [-0.15, -0.1) is 0 Å². The van der Waals surface area contributed by atoms with E-state index in [4.69, 9.17) is 4.74 Å². The van der Waals surface area contributed by atoms with Crippen LogP contribution < -0.4 is 10.1 Å². The maximum absolute atomic E-state index is 12.7. The van der Waals surface area contributed by atoms with E-state index in [9.17, 15) is 18.0 Å². The Hall–Kier alpha value is -3.35. The van der Waals surface area contributed by atoms with E-state index in [2.05, 4.69) is 16.9 Å². The predicted octanol–water partition coefficient (Wildman–Crippen LogP) is 4.85. The first-order valence-electron chi connectivity index (χ1n) is 8.01. The second-order valence-electron chi connectivity index (χ2n) is 5.68. The molecular formula is C20H15F3N2O2. The highest BCUT2D eigenvalue weighted by atomic mass is 19.4. The molecule has 1 heterocycles. The van der Waals surface area contributed by atoms with Gasteiger partial charge in [0.2, 0.25) is 11.8 Å².